The maximum Gasteiger partial charge on any atom is 0.176 e. The maximum absolute atomic E-state index is 11.1. The zero-order valence-corrected chi connectivity index (χ0v) is 7.68. The van der Waals surface area contributed by atoms with Gasteiger partial charge in [0.1, 0.15) is 0 Å². The first kappa shape index (κ1) is 8.91. The third kappa shape index (κ3) is 1.65. The van der Waals surface area contributed by atoms with Crippen LogP contribution in [0.4, 0.5) is 0 Å². The number of carbonyl (C=O) groups excluding carboxylic acids is 1. The van der Waals surface area contributed by atoms with E-state index in [0.717, 1.165) is 11.1 Å². The van der Waals surface area contributed by atoms with E-state index in [4.69, 9.17) is 5.73 Å². The minimum Gasteiger partial charge on any atom is -0.318 e. The van der Waals surface area contributed by atoms with Crippen LogP contribution in [-0.2, 0) is 4.79 Å². The highest BCUT2D eigenvalue weighted by atomic mass is 16.1. The summed E-state index contributed by atoms with van der Waals surface area (Å²) in [5.74, 6) is -0.0373. The molecule has 0 bridgehead atoms. The molecule has 1 aromatic carbocycles. The summed E-state index contributed by atoms with van der Waals surface area (Å²) >= 11 is 0. The van der Waals surface area contributed by atoms with Crippen molar-refractivity contribution in [3.05, 3.63) is 54.1 Å². The lowest BCUT2D eigenvalue weighted by atomic mass is 9.97. The monoisotopic (exact) mass is 185 g/mol. The quantitative estimate of drug-likeness (QED) is 0.721. The molecule has 1 aliphatic carbocycles. The van der Waals surface area contributed by atoms with Crippen molar-refractivity contribution in [1.82, 2.24) is 0 Å². The van der Waals surface area contributed by atoms with Gasteiger partial charge in [0.05, 0.1) is 6.04 Å². The third-order valence-corrected chi connectivity index (χ3v) is 2.22. The molecule has 14 heavy (non-hydrogen) atoms. The Labute approximate surface area is 82.7 Å². The van der Waals surface area contributed by atoms with Crippen LogP contribution in [0.3, 0.4) is 0 Å². The molecule has 0 aliphatic heterocycles. The number of ketones is 1. The Morgan fingerprint density at radius 3 is 2.43 bits per heavy atom. The summed E-state index contributed by atoms with van der Waals surface area (Å²) < 4.78 is 0. The number of rotatable bonds is 1. The zero-order chi connectivity index (χ0) is 9.97. The van der Waals surface area contributed by atoms with Gasteiger partial charge in [-0.15, -0.1) is 0 Å². The van der Waals surface area contributed by atoms with Gasteiger partial charge in [0.15, 0.2) is 5.78 Å². The molecule has 0 saturated carbocycles. The van der Waals surface area contributed by atoms with E-state index in [1.54, 1.807) is 12.2 Å². The molecular formula is C12H11NO. The molecule has 0 amide bonds. The predicted molar refractivity (Wildman–Crippen MR) is 56.5 cm³/mol. The molecule has 2 rings (SSSR count). The predicted octanol–water partition coefficient (Wildman–Crippen LogP) is 1.54. The average Bonchev–Trinajstić information content (AvgIpc) is 2.23. The summed E-state index contributed by atoms with van der Waals surface area (Å²) in [6.07, 6.45) is 5.13. The fourth-order valence-electron chi connectivity index (χ4n) is 1.44. The number of benzene rings is 1. The Morgan fingerprint density at radius 2 is 1.79 bits per heavy atom. The van der Waals surface area contributed by atoms with Crippen LogP contribution in [0.15, 0.2) is 48.6 Å². The number of carbonyl (C=O) groups is 1. The topological polar surface area (TPSA) is 43.1 Å². The number of allylic oxidation sites excluding steroid dienone is 2. The van der Waals surface area contributed by atoms with Crippen molar-refractivity contribution in [3.8, 4) is 0 Å². The fourth-order valence-corrected chi connectivity index (χ4v) is 1.44. The second kappa shape index (κ2) is 3.60. The summed E-state index contributed by atoms with van der Waals surface area (Å²) in [7, 11) is 0. The lowest BCUT2D eigenvalue weighted by molar-refractivity contribution is -0.114. The van der Waals surface area contributed by atoms with Crippen LogP contribution >= 0.6 is 0 Å². The van der Waals surface area contributed by atoms with E-state index >= 15 is 0 Å². The van der Waals surface area contributed by atoms with Gasteiger partial charge in [-0.25, -0.2) is 0 Å². The first-order valence-corrected chi connectivity index (χ1v) is 4.52. The molecule has 1 aliphatic rings. The second-order valence-electron chi connectivity index (χ2n) is 3.25. The largest absolute Gasteiger partial charge is 0.318 e. The van der Waals surface area contributed by atoms with Gasteiger partial charge in [-0.3, -0.25) is 4.79 Å². The highest BCUT2D eigenvalue weighted by Crippen LogP contribution is 2.18. The minimum absolute atomic E-state index is 0.0373. The molecule has 0 aromatic heterocycles. The van der Waals surface area contributed by atoms with Crippen molar-refractivity contribution in [2.75, 3.05) is 0 Å². The van der Waals surface area contributed by atoms with E-state index in [0.29, 0.717) is 0 Å². The summed E-state index contributed by atoms with van der Waals surface area (Å²) in [4.78, 5) is 11.1. The molecule has 0 radical (unpaired) electrons. The van der Waals surface area contributed by atoms with E-state index in [2.05, 4.69) is 0 Å². The van der Waals surface area contributed by atoms with Crippen LogP contribution in [0.1, 0.15) is 5.56 Å². The Bertz CT molecular complexity index is 404. The van der Waals surface area contributed by atoms with Crippen LogP contribution in [-0.4, -0.2) is 11.8 Å². The smallest absolute Gasteiger partial charge is 0.176 e. The molecule has 2 N–H and O–H groups in total. The number of hydrogen-bond acceptors (Lipinski definition) is 2. The molecule has 0 fully saturated rings. The number of hydrogen-bond donors (Lipinski definition) is 1. The highest BCUT2D eigenvalue weighted by molar-refractivity contribution is 6.02. The molecular weight excluding hydrogens is 174 g/mol. The Balaban J connectivity index is 2.34. The van der Waals surface area contributed by atoms with Gasteiger partial charge >= 0.3 is 0 Å². The first-order valence-electron chi connectivity index (χ1n) is 4.52. The van der Waals surface area contributed by atoms with Crippen molar-refractivity contribution in [3.63, 3.8) is 0 Å². The van der Waals surface area contributed by atoms with E-state index in [1.807, 2.05) is 30.3 Å². The lowest BCUT2D eigenvalue weighted by Crippen LogP contribution is -2.28. The summed E-state index contributed by atoms with van der Waals surface area (Å²) in [5, 5.41) is 0. The first-order chi connectivity index (χ1) is 6.77. The molecule has 70 valence electrons. The van der Waals surface area contributed by atoms with Crippen LogP contribution in [0.5, 0.6) is 0 Å². The second-order valence-corrected chi connectivity index (χ2v) is 3.25. The molecule has 1 aromatic rings. The van der Waals surface area contributed by atoms with Crippen LogP contribution in [0.2, 0.25) is 0 Å². The van der Waals surface area contributed by atoms with Gasteiger partial charge in [-0.05, 0) is 17.2 Å². The van der Waals surface area contributed by atoms with Crippen LogP contribution in [0.25, 0.3) is 5.57 Å². The van der Waals surface area contributed by atoms with E-state index in [1.165, 1.54) is 6.08 Å². The Kier molecular flexibility index (Phi) is 2.29. The van der Waals surface area contributed by atoms with Gasteiger partial charge < -0.3 is 5.73 Å². The molecule has 1 atom stereocenters. The van der Waals surface area contributed by atoms with Crippen LogP contribution in [0, 0.1) is 0 Å². The normalized spacial score (nSPS) is 20.8. The van der Waals surface area contributed by atoms with Crippen molar-refractivity contribution >= 4 is 11.4 Å². The molecule has 2 heteroatoms. The summed E-state index contributed by atoms with van der Waals surface area (Å²) in [5.41, 5.74) is 7.73. The van der Waals surface area contributed by atoms with Gasteiger partial charge in [-0.2, -0.15) is 0 Å². The summed E-state index contributed by atoms with van der Waals surface area (Å²) in [6.45, 7) is 0. The van der Waals surface area contributed by atoms with Crippen molar-refractivity contribution in [2.45, 2.75) is 6.04 Å². The minimum atomic E-state index is -0.491. The van der Waals surface area contributed by atoms with Gasteiger partial charge in [0, 0.05) is 0 Å². The third-order valence-electron chi connectivity index (χ3n) is 2.22. The fraction of sp³-hybridized carbons (Fsp3) is 0.0833. The average molecular weight is 185 g/mol. The highest BCUT2D eigenvalue weighted by Gasteiger charge is 2.13. The van der Waals surface area contributed by atoms with E-state index < -0.39 is 6.04 Å². The molecule has 0 unspecified atom stereocenters. The van der Waals surface area contributed by atoms with Crippen molar-refractivity contribution in [2.24, 2.45) is 5.73 Å². The molecule has 0 heterocycles. The van der Waals surface area contributed by atoms with E-state index in [9.17, 15) is 4.79 Å². The van der Waals surface area contributed by atoms with Gasteiger partial charge in [0.25, 0.3) is 0 Å². The Hall–Kier alpha value is -1.67. The lowest BCUT2D eigenvalue weighted by Gasteiger charge is -2.11. The van der Waals surface area contributed by atoms with Crippen molar-refractivity contribution in [1.29, 1.82) is 0 Å². The maximum atomic E-state index is 11.1. The van der Waals surface area contributed by atoms with Crippen LogP contribution < -0.4 is 5.73 Å². The molecule has 2 nitrogen and oxygen atoms in total. The van der Waals surface area contributed by atoms with Crippen molar-refractivity contribution < 1.29 is 4.79 Å². The standard InChI is InChI=1S/C12H11NO/c13-11-8-10(6-7-12(11)14)9-4-2-1-3-5-9/h1-8,11H,13H2/t11-/m0/s1. The van der Waals surface area contributed by atoms with Gasteiger partial charge in [0.2, 0.25) is 0 Å². The van der Waals surface area contributed by atoms with E-state index in [-0.39, 0.29) is 5.78 Å². The van der Waals surface area contributed by atoms with Gasteiger partial charge in [-0.1, -0.05) is 42.5 Å². The Morgan fingerprint density at radius 1 is 1.07 bits per heavy atom. The molecule has 0 saturated heterocycles. The SMILES string of the molecule is N[C@H]1C=C(c2ccccc2)C=CC1=O. The number of nitrogens with two attached hydrogens (primary N) is 1. The molecule has 0 spiro atoms. The summed E-state index contributed by atoms with van der Waals surface area (Å²) in [6, 6.07) is 9.40. The zero-order valence-electron chi connectivity index (χ0n) is 7.68.